The van der Waals surface area contributed by atoms with Crippen molar-refractivity contribution in [2.75, 3.05) is 19.7 Å². The maximum Gasteiger partial charge on any atom is 0.243 e. The van der Waals surface area contributed by atoms with Crippen LogP contribution in [0.3, 0.4) is 0 Å². The van der Waals surface area contributed by atoms with Gasteiger partial charge in [-0.2, -0.15) is 0 Å². The highest BCUT2D eigenvalue weighted by atomic mass is 79.9. The summed E-state index contributed by atoms with van der Waals surface area (Å²) in [5.74, 6) is -1.75. The van der Waals surface area contributed by atoms with Gasteiger partial charge in [0.15, 0.2) is 0 Å². The topological polar surface area (TPSA) is 113 Å². The van der Waals surface area contributed by atoms with E-state index in [-0.39, 0.29) is 102 Å². The minimum atomic E-state index is -0.914. The van der Waals surface area contributed by atoms with Gasteiger partial charge in [-0.3, -0.25) is 33.8 Å². The third-order valence-electron chi connectivity index (χ3n) is 11.4. The molecule has 3 heterocycles. The molecule has 3 aliphatic heterocycles. The third-order valence-corrected chi connectivity index (χ3v) is 17.8. The zero-order valence-electron chi connectivity index (χ0n) is 23.0. The van der Waals surface area contributed by atoms with Gasteiger partial charge in [0, 0.05) is 39.0 Å². The molecule has 9 nitrogen and oxygen atoms in total. The van der Waals surface area contributed by atoms with E-state index >= 15 is 0 Å². The average molecular weight is 841 g/mol. The van der Waals surface area contributed by atoms with Gasteiger partial charge in [-0.15, -0.1) is 0 Å². The number of halogens is 4. The van der Waals surface area contributed by atoms with Crippen LogP contribution in [0.4, 0.5) is 0 Å². The Hall–Kier alpha value is -0.370. The lowest BCUT2D eigenvalue weighted by molar-refractivity contribution is -0.149. The minimum Gasteiger partial charge on any atom is -0.376 e. The molecule has 7 rings (SSSR count). The maximum absolute atomic E-state index is 13.8. The molecule has 4 bridgehead atoms. The molecule has 7 fully saturated rings. The molecule has 14 atom stereocenters. The van der Waals surface area contributed by atoms with E-state index in [0.717, 1.165) is 25.7 Å². The number of rotatable bonds is 9. The molecule has 0 aromatic heterocycles. The Labute approximate surface area is 278 Å². The van der Waals surface area contributed by atoms with Crippen molar-refractivity contribution in [1.29, 1.82) is 0 Å². The van der Waals surface area contributed by atoms with Gasteiger partial charge < -0.3 is 10.1 Å². The van der Waals surface area contributed by atoms with E-state index in [2.05, 4.69) is 69.0 Å². The summed E-state index contributed by atoms with van der Waals surface area (Å²) in [6.45, 7) is 1.31. The Kier molecular flexibility index (Phi) is 8.26. The van der Waals surface area contributed by atoms with E-state index in [4.69, 9.17) is 4.74 Å². The molecule has 0 radical (unpaired) electrons. The lowest BCUT2D eigenvalue weighted by atomic mass is 9.81. The van der Waals surface area contributed by atoms with Crippen LogP contribution < -0.4 is 5.32 Å². The van der Waals surface area contributed by atoms with Crippen molar-refractivity contribution in [3.05, 3.63) is 0 Å². The van der Waals surface area contributed by atoms with Gasteiger partial charge >= 0.3 is 0 Å². The van der Waals surface area contributed by atoms with Crippen molar-refractivity contribution < 1.29 is 28.7 Å². The zero-order chi connectivity index (χ0) is 29.6. The number of alkyl halides is 4. The molecule has 0 aromatic carbocycles. The monoisotopic (exact) mass is 837 g/mol. The van der Waals surface area contributed by atoms with Crippen LogP contribution in [0.15, 0.2) is 0 Å². The van der Waals surface area contributed by atoms with E-state index < -0.39 is 6.04 Å². The second kappa shape index (κ2) is 11.5. The van der Waals surface area contributed by atoms with Crippen molar-refractivity contribution in [3.8, 4) is 0 Å². The predicted octanol–water partition coefficient (Wildman–Crippen LogP) is 3.38. The molecule has 42 heavy (non-hydrogen) atoms. The molecular formula is C29H35Br4N3O6. The summed E-state index contributed by atoms with van der Waals surface area (Å²) < 4.78 is 5.66. The number of carbonyl (C=O) groups excluding carboxylic acids is 5. The van der Waals surface area contributed by atoms with Crippen molar-refractivity contribution in [2.45, 2.75) is 76.4 Å². The minimum absolute atomic E-state index is 0.0571. The standard InChI is InChI=1S/C29H35Br4N3O6/c30-21-12-8-13(22(21)31)18-17(12)26(38)35(27(18)39)6-2-1-5-16(25(37)34-10-11-4-3-7-42-11)36-28(40)19-14-9-15(20(19)29(36)41)24(33)23(14)32/h11-24H,1-10H2,(H,34,37)/t11-,12+,13+,14+,15+,16-,17-,18+,19-,20+,21-,22+,23-,24-/m0/s1. The van der Waals surface area contributed by atoms with E-state index in [9.17, 15) is 24.0 Å². The number of nitrogens with zero attached hydrogens (tertiary/aromatic N) is 2. The van der Waals surface area contributed by atoms with Crippen molar-refractivity contribution in [2.24, 2.45) is 47.3 Å². The molecule has 4 aliphatic carbocycles. The predicted molar refractivity (Wildman–Crippen MR) is 166 cm³/mol. The average Bonchev–Trinajstić information content (AvgIpc) is 3.82. The molecule has 5 amide bonds. The smallest absolute Gasteiger partial charge is 0.243 e. The molecule has 13 heteroatoms. The summed E-state index contributed by atoms with van der Waals surface area (Å²) in [6, 6.07) is -0.914. The van der Waals surface area contributed by atoms with Gasteiger partial charge in [0.1, 0.15) is 6.04 Å². The quantitative estimate of drug-likeness (QED) is 0.217. The van der Waals surface area contributed by atoms with E-state index in [1.165, 1.54) is 9.80 Å². The van der Waals surface area contributed by atoms with Crippen LogP contribution >= 0.6 is 63.7 Å². The van der Waals surface area contributed by atoms with E-state index in [0.29, 0.717) is 39.0 Å². The number of imide groups is 2. The SMILES string of the molecule is O=C(NC[C@@H]1CCCO1)[C@H](CCCCN1C(=O)[C@@H]2[C@H]3C[C@@H]([C@H](Br)[C@@H]3Br)[C@@H]2C1=O)N1C(=O)[C@@H]2[C@H]3C[C@@H]([C@H](Br)[C@H]3Br)[C@@H]2C1=O. The number of unbranched alkanes of at least 4 members (excludes halogenated alkanes) is 1. The van der Waals surface area contributed by atoms with Crippen molar-refractivity contribution >= 4 is 93.3 Å². The molecule has 0 unspecified atom stereocenters. The van der Waals surface area contributed by atoms with Crippen LogP contribution in [-0.4, -0.2) is 90.5 Å². The molecular weight excluding hydrogens is 806 g/mol. The van der Waals surface area contributed by atoms with Crippen molar-refractivity contribution in [1.82, 2.24) is 15.1 Å². The second-order valence-corrected chi connectivity index (χ2v) is 17.5. The number of fused-ring (bicyclic) bond motifs is 10. The van der Waals surface area contributed by atoms with Crippen LogP contribution in [0.25, 0.3) is 0 Å². The Bertz CT molecular complexity index is 1140. The van der Waals surface area contributed by atoms with Gasteiger partial charge in [0.2, 0.25) is 29.5 Å². The summed E-state index contributed by atoms with van der Waals surface area (Å²) in [6.07, 6.45) is 4.78. The van der Waals surface area contributed by atoms with Gasteiger partial charge in [0.05, 0.1) is 29.8 Å². The zero-order valence-corrected chi connectivity index (χ0v) is 29.4. The molecule has 0 aromatic rings. The molecule has 0 spiro atoms. The number of carbonyl (C=O) groups is 5. The number of hydrogen-bond acceptors (Lipinski definition) is 6. The third kappa shape index (κ3) is 4.50. The van der Waals surface area contributed by atoms with Gasteiger partial charge in [-0.05, 0) is 68.6 Å². The van der Waals surface area contributed by atoms with Crippen LogP contribution in [-0.2, 0) is 28.7 Å². The summed E-state index contributed by atoms with van der Waals surface area (Å²) in [4.78, 5) is 71.0. The first-order valence-electron chi connectivity index (χ1n) is 15.3. The summed E-state index contributed by atoms with van der Waals surface area (Å²) >= 11 is 14.9. The highest BCUT2D eigenvalue weighted by Gasteiger charge is 2.68. The fourth-order valence-electron chi connectivity index (χ4n) is 9.43. The molecule has 230 valence electrons. The van der Waals surface area contributed by atoms with Gasteiger partial charge in [-0.25, -0.2) is 0 Å². The fraction of sp³-hybridized carbons (Fsp3) is 0.828. The number of amides is 5. The number of nitrogens with one attached hydrogen (secondary N) is 1. The lowest BCUT2D eigenvalue weighted by Crippen LogP contribution is -2.51. The number of ether oxygens (including phenoxy) is 1. The first kappa shape index (κ1) is 30.3. The van der Waals surface area contributed by atoms with Crippen LogP contribution in [0.2, 0.25) is 0 Å². The van der Waals surface area contributed by atoms with E-state index in [1.807, 2.05) is 0 Å². The molecule has 3 saturated heterocycles. The largest absolute Gasteiger partial charge is 0.376 e. The molecule has 1 N–H and O–H groups in total. The van der Waals surface area contributed by atoms with Crippen LogP contribution in [0, 0.1) is 47.3 Å². The van der Waals surface area contributed by atoms with E-state index in [1.54, 1.807) is 0 Å². The van der Waals surface area contributed by atoms with Crippen LogP contribution in [0.5, 0.6) is 0 Å². The molecule has 7 aliphatic rings. The molecule has 4 saturated carbocycles. The number of likely N-dealkylation sites (tertiary alicyclic amines) is 2. The Morgan fingerprint density at radius 2 is 1.29 bits per heavy atom. The summed E-state index contributed by atoms with van der Waals surface area (Å²) in [5, 5.41) is 2.96. The Morgan fingerprint density at radius 3 is 1.76 bits per heavy atom. The fourth-order valence-corrected chi connectivity index (χ4v) is 13.2. The van der Waals surface area contributed by atoms with Gasteiger partial charge in [0.25, 0.3) is 0 Å². The highest BCUT2D eigenvalue weighted by Crippen LogP contribution is 2.61. The highest BCUT2D eigenvalue weighted by molar-refractivity contribution is 9.12. The van der Waals surface area contributed by atoms with Gasteiger partial charge in [-0.1, -0.05) is 63.7 Å². The summed E-state index contributed by atoms with van der Waals surface area (Å²) in [7, 11) is 0. The Morgan fingerprint density at radius 1 is 0.786 bits per heavy atom. The second-order valence-electron chi connectivity index (χ2n) is 13.3. The number of hydrogen-bond donors (Lipinski definition) is 1. The Balaban J connectivity index is 1.02. The first-order chi connectivity index (χ1) is 20.1. The van der Waals surface area contributed by atoms with Crippen LogP contribution in [0.1, 0.15) is 44.9 Å². The maximum atomic E-state index is 13.8. The first-order valence-corrected chi connectivity index (χ1v) is 19.0. The summed E-state index contributed by atoms with van der Waals surface area (Å²) in [5.41, 5.74) is 0. The van der Waals surface area contributed by atoms with Crippen molar-refractivity contribution in [3.63, 3.8) is 0 Å². The lowest BCUT2D eigenvalue weighted by Gasteiger charge is -2.28. The normalized spacial score (nSPS) is 45.9.